The molecule has 2 aromatic rings. The number of benzene rings is 2. The quantitative estimate of drug-likeness (QED) is 0.808. The van der Waals surface area contributed by atoms with Crippen molar-refractivity contribution in [2.45, 2.75) is 32.9 Å². The average molecular weight is 336 g/mol. The van der Waals surface area contributed by atoms with Gasteiger partial charge in [-0.15, -0.1) is 12.4 Å². The highest BCUT2D eigenvalue weighted by molar-refractivity contribution is 5.85. The highest BCUT2D eigenvalue weighted by Crippen LogP contribution is 2.20. The monoisotopic (exact) mass is 335 g/mol. The van der Waals surface area contributed by atoms with Crippen LogP contribution in [0, 0.1) is 13.8 Å². The molecule has 0 aliphatic carbocycles. The Morgan fingerprint density at radius 2 is 1.74 bits per heavy atom. The Labute approximate surface area is 145 Å². The second kappa shape index (κ2) is 9.56. The minimum absolute atomic E-state index is 0. The first-order chi connectivity index (χ1) is 10.6. The second-order valence-corrected chi connectivity index (χ2v) is 5.70. The van der Waals surface area contributed by atoms with Crippen molar-refractivity contribution in [1.29, 1.82) is 0 Å². The largest absolute Gasteiger partial charge is 0.491 e. The van der Waals surface area contributed by atoms with Crippen molar-refractivity contribution in [3.63, 3.8) is 0 Å². The summed E-state index contributed by atoms with van der Waals surface area (Å²) in [6.07, 6.45) is -0.536. The van der Waals surface area contributed by atoms with Crippen LogP contribution in [0.4, 0.5) is 0 Å². The molecule has 0 spiro atoms. The molecule has 126 valence electrons. The Morgan fingerprint density at radius 1 is 1.04 bits per heavy atom. The summed E-state index contributed by atoms with van der Waals surface area (Å²) in [4.78, 5) is 0. The van der Waals surface area contributed by atoms with E-state index in [1.54, 1.807) is 0 Å². The summed E-state index contributed by atoms with van der Waals surface area (Å²) in [5.74, 6) is 0.843. The van der Waals surface area contributed by atoms with E-state index in [-0.39, 0.29) is 18.4 Å². The Kier molecular flexibility index (Phi) is 8.10. The van der Waals surface area contributed by atoms with Gasteiger partial charge >= 0.3 is 0 Å². The van der Waals surface area contributed by atoms with Crippen LogP contribution in [0.3, 0.4) is 0 Å². The van der Waals surface area contributed by atoms with E-state index in [9.17, 15) is 5.11 Å². The summed E-state index contributed by atoms with van der Waals surface area (Å²) in [6, 6.07) is 16.4. The van der Waals surface area contributed by atoms with Crippen molar-refractivity contribution in [3.8, 4) is 5.75 Å². The molecule has 23 heavy (non-hydrogen) atoms. The molecular formula is C19H26ClNO2. The Morgan fingerprint density at radius 3 is 2.43 bits per heavy atom. The molecular weight excluding hydrogens is 310 g/mol. The molecule has 0 radical (unpaired) electrons. The molecule has 0 aromatic heterocycles. The maximum atomic E-state index is 10.1. The molecule has 3 nitrogen and oxygen atoms in total. The van der Waals surface area contributed by atoms with Crippen LogP contribution in [-0.2, 0) is 0 Å². The van der Waals surface area contributed by atoms with E-state index in [1.165, 1.54) is 11.1 Å². The van der Waals surface area contributed by atoms with Crippen molar-refractivity contribution >= 4 is 12.4 Å². The molecule has 0 amide bonds. The van der Waals surface area contributed by atoms with Gasteiger partial charge in [0.1, 0.15) is 18.5 Å². The van der Waals surface area contributed by atoms with Gasteiger partial charge in [0.25, 0.3) is 0 Å². The smallest absolute Gasteiger partial charge is 0.122 e. The number of hydrogen-bond donors (Lipinski definition) is 2. The highest BCUT2D eigenvalue weighted by atomic mass is 35.5. The van der Waals surface area contributed by atoms with Gasteiger partial charge < -0.3 is 15.2 Å². The van der Waals surface area contributed by atoms with Crippen molar-refractivity contribution < 1.29 is 9.84 Å². The summed E-state index contributed by atoms with van der Waals surface area (Å²) in [5.41, 5.74) is 3.54. The number of aliphatic hydroxyl groups is 1. The van der Waals surface area contributed by atoms with Gasteiger partial charge in [0.05, 0.1) is 0 Å². The van der Waals surface area contributed by atoms with Crippen molar-refractivity contribution in [3.05, 3.63) is 65.2 Å². The molecule has 4 heteroatoms. The summed E-state index contributed by atoms with van der Waals surface area (Å²) < 4.78 is 5.73. The molecule has 0 aliphatic heterocycles. The lowest BCUT2D eigenvalue weighted by Crippen LogP contribution is -2.33. The van der Waals surface area contributed by atoms with Gasteiger partial charge in [-0.3, -0.25) is 0 Å². The van der Waals surface area contributed by atoms with E-state index in [1.807, 2.05) is 37.3 Å². The number of aryl methyl sites for hydroxylation is 1. The van der Waals surface area contributed by atoms with E-state index in [4.69, 9.17) is 4.74 Å². The third-order valence-electron chi connectivity index (χ3n) is 3.95. The number of aliphatic hydroxyl groups excluding tert-OH is 1. The highest BCUT2D eigenvalue weighted by Gasteiger charge is 2.10. The van der Waals surface area contributed by atoms with E-state index >= 15 is 0 Å². The molecule has 0 bridgehead atoms. The summed E-state index contributed by atoms with van der Waals surface area (Å²) in [6.45, 7) is 6.97. The third kappa shape index (κ3) is 5.87. The number of nitrogens with one attached hydrogen (secondary N) is 1. The van der Waals surface area contributed by atoms with Gasteiger partial charge in [-0.25, -0.2) is 0 Å². The lowest BCUT2D eigenvalue weighted by molar-refractivity contribution is 0.104. The molecule has 2 unspecified atom stereocenters. The fourth-order valence-corrected chi connectivity index (χ4v) is 2.30. The van der Waals surface area contributed by atoms with E-state index < -0.39 is 6.10 Å². The van der Waals surface area contributed by atoms with Crippen LogP contribution in [0.25, 0.3) is 0 Å². The van der Waals surface area contributed by atoms with Gasteiger partial charge in [-0.1, -0.05) is 42.5 Å². The standard InChI is InChI=1S/C19H25NO2.ClH/c1-14-8-7-11-19(15(14)2)22-13-18(21)12-20-16(3)17-9-5-4-6-10-17;/h4-11,16,18,20-21H,12-13H2,1-3H3;1H. The van der Waals surface area contributed by atoms with Crippen LogP contribution in [-0.4, -0.2) is 24.4 Å². The van der Waals surface area contributed by atoms with Crippen molar-refractivity contribution in [2.75, 3.05) is 13.2 Å². The van der Waals surface area contributed by atoms with E-state index in [0.717, 1.165) is 11.3 Å². The number of rotatable bonds is 7. The Hall–Kier alpha value is -1.55. The van der Waals surface area contributed by atoms with Gasteiger partial charge in [-0.05, 0) is 43.5 Å². The Balaban J connectivity index is 0.00000264. The minimum atomic E-state index is -0.536. The fraction of sp³-hybridized carbons (Fsp3) is 0.368. The normalized spacial score (nSPS) is 13.0. The molecule has 2 rings (SSSR count). The zero-order valence-corrected chi connectivity index (χ0v) is 14.8. The van der Waals surface area contributed by atoms with Crippen LogP contribution in [0.15, 0.2) is 48.5 Å². The molecule has 0 aliphatic rings. The van der Waals surface area contributed by atoms with Gasteiger partial charge in [0.15, 0.2) is 0 Å². The van der Waals surface area contributed by atoms with Gasteiger partial charge in [0, 0.05) is 12.6 Å². The molecule has 0 heterocycles. The van der Waals surface area contributed by atoms with E-state index in [2.05, 4.69) is 37.4 Å². The fourth-order valence-electron chi connectivity index (χ4n) is 2.30. The average Bonchev–Trinajstić information content (AvgIpc) is 2.54. The van der Waals surface area contributed by atoms with Crippen molar-refractivity contribution in [1.82, 2.24) is 5.32 Å². The first-order valence-corrected chi connectivity index (χ1v) is 7.73. The van der Waals surface area contributed by atoms with Crippen molar-refractivity contribution in [2.24, 2.45) is 0 Å². The van der Waals surface area contributed by atoms with Crippen LogP contribution in [0.1, 0.15) is 29.7 Å². The molecule has 2 aromatic carbocycles. The Bertz CT molecular complexity index is 589. The number of ether oxygens (including phenoxy) is 1. The number of hydrogen-bond acceptors (Lipinski definition) is 3. The van der Waals surface area contributed by atoms with Gasteiger partial charge in [0.2, 0.25) is 0 Å². The van der Waals surface area contributed by atoms with Crippen LogP contribution >= 0.6 is 12.4 Å². The lowest BCUT2D eigenvalue weighted by Gasteiger charge is -2.18. The van der Waals surface area contributed by atoms with Crippen LogP contribution in [0.5, 0.6) is 5.75 Å². The summed E-state index contributed by atoms with van der Waals surface area (Å²) in [7, 11) is 0. The molecule has 2 N–H and O–H groups in total. The molecule has 0 saturated heterocycles. The molecule has 0 saturated carbocycles. The molecule has 0 fully saturated rings. The third-order valence-corrected chi connectivity index (χ3v) is 3.95. The minimum Gasteiger partial charge on any atom is -0.491 e. The number of halogens is 1. The second-order valence-electron chi connectivity index (χ2n) is 5.70. The topological polar surface area (TPSA) is 41.5 Å². The first kappa shape index (κ1) is 19.5. The zero-order chi connectivity index (χ0) is 15.9. The van der Waals surface area contributed by atoms with Gasteiger partial charge in [-0.2, -0.15) is 0 Å². The zero-order valence-electron chi connectivity index (χ0n) is 14.0. The predicted molar refractivity (Wildman–Crippen MR) is 97.5 cm³/mol. The first-order valence-electron chi connectivity index (χ1n) is 7.73. The predicted octanol–water partition coefficient (Wildman–Crippen LogP) is 3.82. The van der Waals surface area contributed by atoms with Crippen LogP contribution in [0.2, 0.25) is 0 Å². The molecule has 2 atom stereocenters. The van der Waals surface area contributed by atoms with Crippen LogP contribution < -0.4 is 10.1 Å². The maximum absolute atomic E-state index is 10.1. The summed E-state index contributed by atoms with van der Waals surface area (Å²) >= 11 is 0. The lowest BCUT2D eigenvalue weighted by atomic mass is 10.1. The van der Waals surface area contributed by atoms with E-state index in [0.29, 0.717) is 13.2 Å². The maximum Gasteiger partial charge on any atom is 0.122 e. The SMILES string of the molecule is Cc1cccc(OCC(O)CNC(C)c2ccccc2)c1C.Cl. The summed E-state index contributed by atoms with van der Waals surface area (Å²) in [5, 5.41) is 13.4.